The van der Waals surface area contributed by atoms with Gasteiger partial charge in [0.1, 0.15) is 0 Å². The normalized spacial score (nSPS) is 12.3. The molecule has 2 aromatic rings. The van der Waals surface area contributed by atoms with Gasteiger partial charge >= 0.3 is 6.61 Å². The minimum Gasteiger partial charge on any atom is -0.493 e. The minimum absolute atomic E-state index is 0.0488. The van der Waals surface area contributed by atoms with Crippen LogP contribution >= 0.6 is 0 Å². The van der Waals surface area contributed by atoms with Crippen molar-refractivity contribution in [1.82, 2.24) is 9.88 Å². The first-order valence-electron chi connectivity index (χ1n) is 9.13. The lowest BCUT2D eigenvalue weighted by molar-refractivity contribution is -0.0512. The molecule has 8 heteroatoms. The van der Waals surface area contributed by atoms with Gasteiger partial charge in [0.2, 0.25) is 0 Å². The van der Waals surface area contributed by atoms with Gasteiger partial charge in [-0.1, -0.05) is 6.07 Å². The molecule has 0 amide bonds. The highest BCUT2D eigenvalue weighted by Crippen LogP contribution is 2.30. The second kappa shape index (κ2) is 9.17. The fraction of sp³-hybridized carbons (Fsp3) is 0.429. The Labute approximate surface area is 168 Å². The zero-order chi connectivity index (χ0) is 21.9. The molecule has 0 bridgehead atoms. The highest BCUT2D eigenvalue weighted by atomic mass is 19.3. The van der Waals surface area contributed by atoms with Crippen molar-refractivity contribution >= 4 is 11.6 Å². The maximum atomic E-state index is 13.0. The molecule has 0 spiro atoms. The monoisotopic (exact) mass is 408 g/mol. The lowest BCUT2D eigenvalue weighted by Crippen LogP contribution is -2.36. The lowest BCUT2D eigenvalue weighted by Gasteiger charge is -2.24. The number of rotatable bonds is 9. The summed E-state index contributed by atoms with van der Waals surface area (Å²) in [6, 6.07) is 4.18. The van der Waals surface area contributed by atoms with Crippen molar-refractivity contribution < 1.29 is 27.8 Å². The smallest absolute Gasteiger partial charge is 0.387 e. The Kier molecular flexibility index (Phi) is 7.13. The van der Waals surface area contributed by atoms with Crippen molar-refractivity contribution in [1.29, 1.82) is 0 Å². The number of hydrogen-bond donors (Lipinski definition) is 1. The summed E-state index contributed by atoms with van der Waals surface area (Å²) in [6.45, 7) is 4.22. The summed E-state index contributed by atoms with van der Waals surface area (Å²) in [5, 5.41) is 0. The Balaban J connectivity index is 2.18. The van der Waals surface area contributed by atoms with Crippen LogP contribution in [0, 0.1) is 13.8 Å². The van der Waals surface area contributed by atoms with Crippen LogP contribution in [0.5, 0.6) is 11.5 Å². The second-order valence-corrected chi connectivity index (χ2v) is 7.00. The van der Waals surface area contributed by atoms with E-state index in [0.29, 0.717) is 29.1 Å². The van der Waals surface area contributed by atoms with Crippen molar-refractivity contribution in [3.8, 4) is 11.5 Å². The summed E-state index contributed by atoms with van der Waals surface area (Å²) in [5.74, 6) is -0.0795. The van der Waals surface area contributed by atoms with Crippen molar-refractivity contribution in [2.24, 2.45) is 0 Å². The molecule has 1 atom stereocenters. The third-order valence-corrected chi connectivity index (χ3v) is 4.95. The summed E-state index contributed by atoms with van der Waals surface area (Å²) in [6.07, 6.45) is 0. The van der Waals surface area contributed by atoms with E-state index in [2.05, 4.69) is 9.72 Å². The number of aromatic amines is 1. The molecule has 1 heterocycles. The highest BCUT2D eigenvalue weighted by Gasteiger charge is 2.26. The molecule has 1 aromatic carbocycles. The minimum atomic E-state index is -2.94. The number of alkyl halides is 2. The number of aromatic nitrogens is 1. The number of halogens is 2. The zero-order valence-electron chi connectivity index (χ0n) is 17.4. The Morgan fingerprint density at radius 2 is 1.86 bits per heavy atom. The fourth-order valence-electron chi connectivity index (χ4n) is 3.36. The highest BCUT2D eigenvalue weighted by molar-refractivity contribution is 6.05. The number of hydrogen-bond acceptors (Lipinski definition) is 5. The maximum absolute atomic E-state index is 13.0. The lowest BCUT2D eigenvalue weighted by atomic mass is 10.0. The topological polar surface area (TPSA) is 71.6 Å². The number of likely N-dealkylation sites (N-methyl/N-ethyl adjacent to an activating group) is 1. The van der Waals surface area contributed by atoms with Gasteiger partial charge in [-0.2, -0.15) is 8.78 Å². The van der Waals surface area contributed by atoms with E-state index in [1.807, 2.05) is 4.90 Å². The van der Waals surface area contributed by atoms with E-state index < -0.39 is 12.7 Å². The number of benzene rings is 1. The molecule has 6 nitrogen and oxygen atoms in total. The average molecular weight is 408 g/mol. The Morgan fingerprint density at radius 1 is 1.21 bits per heavy atom. The molecular formula is C21H26F2N2O4. The van der Waals surface area contributed by atoms with Gasteiger partial charge in [-0.15, -0.1) is 0 Å². The average Bonchev–Trinajstić information content (AvgIpc) is 2.95. The number of methoxy groups -OCH3 is 1. The number of carbonyl (C=O) groups excluding carboxylic acids is 2. The fourth-order valence-corrected chi connectivity index (χ4v) is 3.36. The number of ether oxygens (including phenoxy) is 2. The van der Waals surface area contributed by atoms with Crippen molar-refractivity contribution in [3.63, 3.8) is 0 Å². The molecule has 2 rings (SSSR count). The van der Waals surface area contributed by atoms with Gasteiger partial charge in [0.05, 0.1) is 18.8 Å². The van der Waals surface area contributed by atoms with Crippen molar-refractivity contribution in [2.45, 2.75) is 46.9 Å². The number of H-pyrrole nitrogens is 1. The number of aryl methyl sites for hydroxylation is 1. The molecule has 0 aliphatic heterocycles. The van der Waals surface area contributed by atoms with E-state index in [4.69, 9.17) is 4.74 Å². The Morgan fingerprint density at radius 3 is 2.38 bits per heavy atom. The summed E-state index contributed by atoms with van der Waals surface area (Å²) < 4.78 is 34.5. The predicted octanol–water partition coefficient (Wildman–Crippen LogP) is 4.15. The molecule has 1 aromatic heterocycles. The summed E-state index contributed by atoms with van der Waals surface area (Å²) >= 11 is 0. The number of Topliss-reactive ketones (excluding diaryl/α,β-unsaturated/α-hetero) is 2. The van der Waals surface area contributed by atoms with Gasteiger partial charge in [-0.3, -0.25) is 14.5 Å². The van der Waals surface area contributed by atoms with E-state index in [1.165, 1.54) is 20.1 Å². The van der Waals surface area contributed by atoms with Crippen LogP contribution in [0.25, 0.3) is 0 Å². The molecule has 1 N–H and O–H groups in total. The number of nitrogens with one attached hydrogen (secondary N) is 1. The van der Waals surface area contributed by atoms with E-state index in [-0.39, 0.29) is 23.1 Å². The first-order valence-corrected chi connectivity index (χ1v) is 9.13. The SMILES string of the molecule is COc1cc(CN(C)[C@H](C)C(=O)c2[nH]c(C)c(C(C)=O)c2C)ccc1OC(F)F. The predicted molar refractivity (Wildman–Crippen MR) is 105 cm³/mol. The summed E-state index contributed by atoms with van der Waals surface area (Å²) in [4.78, 5) is 29.6. The van der Waals surface area contributed by atoms with Crippen LogP contribution in [0.1, 0.15) is 51.5 Å². The first-order chi connectivity index (χ1) is 13.6. The van der Waals surface area contributed by atoms with E-state index in [9.17, 15) is 18.4 Å². The zero-order valence-corrected chi connectivity index (χ0v) is 17.4. The molecule has 0 radical (unpaired) electrons. The van der Waals surface area contributed by atoms with Crippen LogP contribution in [0.15, 0.2) is 18.2 Å². The van der Waals surface area contributed by atoms with Crippen molar-refractivity contribution in [2.75, 3.05) is 14.2 Å². The van der Waals surface area contributed by atoms with Gasteiger partial charge < -0.3 is 14.5 Å². The Bertz CT molecular complexity index is 908. The van der Waals surface area contributed by atoms with Crippen LogP contribution in [-0.4, -0.2) is 48.3 Å². The van der Waals surface area contributed by atoms with Gasteiger partial charge in [0, 0.05) is 17.8 Å². The van der Waals surface area contributed by atoms with Crippen molar-refractivity contribution in [3.05, 3.63) is 46.3 Å². The molecule has 0 saturated heterocycles. The van der Waals surface area contributed by atoms with Crippen LogP contribution in [0.3, 0.4) is 0 Å². The quantitative estimate of drug-likeness (QED) is 0.631. The summed E-state index contributed by atoms with van der Waals surface area (Å²) in [5.41, 5.74) is 3.06. The van der Waals surface area contributed by atoms with Crippen LogP contribution in [0.2, 0.25) is 0 Å². The molecule has 158 valence electrons. The van der Waals surface area contributed by atoms with Crippen LogP contribution in [-0.2, 0) is 6.54 Å². The summed E-state index contributed by atoms with van der Waals surface area (Å²) in [7, 11) is 3.16. The Hall–Kier alpha value is -2.74. The molecule has 0 aliphatic rings. The second-order valence-electron chi connectivity index (χ2n) is 7.00. The van der Waals surface area contributed by atoms with Gasteiger partial charge in [-0.25, -0.2) is 0 Å². The van der Waals surface area contributed by atoms with Gasteiger partial charge in [0.15, 0.2) is 23.1 Å². The third kappa shape index (κ3) is 5.00. The van der Waals surface area contributed by atoms with E-state index >= 15 is 0 Å². The number of nitrogens with zero attached hydrogens (tertiary/aromatic N) is 1. The largest absolute Gasteiger partial charge is 0.493 e. The van der Waals surface area contributed by atoms with E-state index in [0.717, 1.165) is 5.56 Å². The number of carbonyl (C=O) groups is 2. The molecule has 29 heavy (non-hydrogen) atoms. The van der Waals surface area contributed by atoms with E-state index in [1.54, 1.807) is 40.0 Å². The van der Waals surface area contributed by atoms with Gasteiger partial charge in [0.25, 0.3) is 0 Å². The first kappa shape index (κ1) is 22.5. The molecule has 0 fully saturated rings. The molecule has 0 aliphatic carbocycles. The standard InChI is InChI=1S/C21H26F2N2O4/c1-11-18(14(4)26)12(2)24-19(11)20(27)13(3)25(5)10-15-7-8-16(29-21(22)23)17(9-15)28-6/h7-9,13,21,24H,10H2,1-6H3/t13-/m1/s1. The molecule has 0 unspecified atom stereocenters. The molecular weight excluding hydrogens is 382 g/mol. The number of ketones is 2. The van der Waals surface area contributed by atoms with Crippen LogP contribution < -0.4 is 9.47 Å². The molecule has 0 saturated carbocycles. The maximum Gasteiger partial charge on any atom is 0.387 e. The van der Waals surface area contributed by atoms with Gasteiger partial charge in [-0.05, 0) is 58.0 Å². The third-order valence-electron chi connectivity index (χ3n) is 4.95. The van der Waals surface area contributed by atoms with Crippen LogP contribution in [0.4, 0.5) is 8.78 Å².